The second-order valence-electron chi connectivity index (χ2n) is 6.04. The number of likely N-dealkylation sites (tertiary alicyclic amines) is 1. The zero-order valence-electron chi connectivity index (χ0n) is 13.3. The summed E-state index contributed by atoms with van der Waals surface area (Å²) >= 11 is 5.91. The molecule has 4 nitrogen and oxygen atoms in total. The first-order valence-electron chi connectivity index (χ1n) is 7.97. The van der Waals surface area contributed by atoms with Crippen LogP contribution in [0.2, 0.25) is 5.02 Å². The molecule has 0 bridgehead atoms. The first kappa shape index (κ1) is 15.8. The fraction of sp³-hybridized carbons (Fsp3) is 0.158. The molecule has 2 aromatic carbocycles. The van der Waals surface area contributed by atoms with Crippen molar-refractivity contribution in [1.29, 1.82) is 0 Å². The van der Waals surface area contributed by atoms with Gasteiger partial charge in [0.2, 0.25) is 0 Å². The summed E-state index contributed by atoms with van der Waals surface area (Å²) in [6, 6.07) is 13.9. The second-order valence-corrected chi connectivity index (χ2v) is 6.48. The van der Waals surface area contributed by atoms with Gasteiger partial charge in [-0.3, -0.25) is 4.79 Å². The predicted molar refractivity (Wildman–Crippen MR) is 93.6 cm³/mol. The van der Waals surface area contributed by atoms with Crippen molar-refractivity contribution >= 4 is 17.5 Å². The smallest absolute Gasteiger partial charge is 0.259 e. The lowest BCUT2D eigenvalue weighted by molar-refractivity contribution is 0.0597. The molecule has 25 heavy (non-hydrogen) atoms. The van der Waals surface area contributed by atoms with Crippen LogP contribution in [0, 0.1) is 5.82 Å². The van der Waals surface area contributed by atoms with Crippen LogP contribution in [-0.2, 0) is 0 Å². The van der Waals surface area contributed by atoms with E-state index < -0.39 is 5.82 Å². The standard InChI is InChI=1S/C19H15ClFN3O/c20-15-7-5-13(6-8-15)14-11-23(12-14)19(25)18-16(21)3-1-4-17(18)24-10-2-9-22-24/h1-10,14H,11-12H2. The molecule has 0 atom stereocenters. The number of hydrogen-bond acceptors (Lipinski definition) is 2. The summed E-state index contributed by atoms with van der Waals surface area (Å²) in [5.41, 5.74) is 1.64. The van der Waals surface area contributed by atoms with Gasteiger partial charge in [-0.25, -0.2) is 9.07 Å². The lowest BCUT2D eigenvalue weighted by Gasteiger charge is -2.40. The highest BCUT2D eigenvalue weighted by Gasteiger charge is 2.34. The van der Waals surface area contributed by atoms with Crippen LogP contribution in [0.15, 0.2) is 60.9 Å². The van der Waals surface area contributed by atoms with Gasteiger partial charge >= 0.3 is 0 Å². The molecular weight excluding hydrogens is 341 g/mol. The normalized spacial score (nSPS) is 14.4. The van der Waals surface area contributed by atoms with Crippen LogP contribution < -0.4 is 0 Å². The highest BCUT2D eigenvalue weighted by atomic mass is 35.5. The molecular formula is C19H15ClFN3O. The first-order valence-corrected chi connectivity index (χ1v) is 8.34. The van der Waals surface area contributed by atoms with E-state index in [1.807, 2.05) is 24.3 Å². The van der Waals surface area contributed by atoms with Crippen LogP contribution in [0.25, 0.3) is 5.69 Å². The van der Waals surface area contributed by atoms with Gasteiger partial charge in [0.25, 0.3) is 5.91 Å². The predicted octanol–water partition coefficient (Wildman–Crippen LogP) is 3.90. The van der Waals surface area contributed by atoms with E-state index in [2.05, 4.69) is 5.10 Å². The summed E-state index contributed by atoms with van der Waals surface area (Å²) in [6.07, 6.45) is 3.29. The molecule has 0 saturated carbocycles. The number of carbonyl (C=O) groups excluding carboxylic acids is 1. The molecule has 0 N–H and O–H groups in total. The van der Waals surface area contributed by atoms with Crippen LogP contribution in [-0.4, -0.2) is 33.7 Å². The summed E-state index contributed by atoms with van der Waals surface area (Å²) in [6.45, 7) is 1.13. The molecule has 1 aromatic heterocycles. The Morgan fingerprint density at radius 2 is 1.88 bits per heavy atom. The molecule has 3 aromatic rings. The molecule has 1 saturated heterocycles. The summed E-state index contributed by atoms with van der Waals surface area (Å²) in [5, 5.41) is 4.80. The van der Waals surface area contributed by atoms with Crippen LogP contribution in [0.4, 0.5) is 4.39 Å². The number of aromatic nitrogens is 2. The molecule has 0 radical (unpaired) electrons. The number of nitrogens with zero attached hydrogens (tertiary/aromatic N) is 3. The molecule has 126 valence electrons. The summed E-state index contributed by atoms with van der Waals surface area (Å²) in [4.78, 5) is 14.5. The molecule has 2 heterocycles. The maximum Gasteiger partial charge on any atom is 0.259 e. The Labute approximate surface area is 149 Å². The average molecular weight is 356 g/mol. The van der Waals surface area contributed by atoms with Gasteiger partial charge in [0, 0.05) is 36.4 Å². The van der Waals surface area contributed by atoms with E-state index in [-0.39, 0.29) is 17.4 Å². The highest BCUT2D eigenvalue weighted by molar-refractivity contribution is 6.30. The Morgan fingerprint density at radius 1 is 1.12 bits per heavy atom. The van der Waals surface area contributed by atoms with Gasteiger partial charge in [0.15, 0.2) is 0 Å². The fourth-order valence-electron chi connectivity index (χ4n) is 3.07. The molecule has 1 aliphatic heterocycles. The number of carbonyl (C=O) groups is 1. The maximum absolute atomic E-state index is 14.4. The minimum atomic E-state index is -0.534. The Morgan fingerprint density at radius 3 is 2.56 bits per heavy atom. The number of amides is 1. The molecule has 1 aliphatic rings. The van der Waals surface area contributed by atoms with Crippen molar-refractivity contribution in [3.63, 3.8) is 0 Å². The first-order chi connectivity index (χ1) is 12.1. The second kappa shape index (κ2) is 6.33. The molecule has 1 amide bonds. The monoisotopic (exact) mass is 355 g/mol. The third-order valence-corrected chi connectivity index (χ3v) is 4.72. The van der Waals surface area contributed by atoms with Crippen molar-refractivity contribution < 1.29 is 9.18 Å². The summed E-state index contributed by atoms with van der Waals surface area (Å²) in [5.74, 6) is -0.595. The Bertz CT molecular complexity index is 903. The lowest BCUT2D eigenvalue weighted by Crippen LogP contribution is -2.48. The fourth-order valence-corrected chi connectivity index (χ4v) is 3.20. The maximum atomic E-state index is 14.4. The number of rotatable bonds is 3. The summed E-state index contributed by atoms with van der Waals surface area (Å²) < 4.78 is 15.9. The molecule has 6 heteroatoms. The van der Waals surface area contributed by atoms with E-state index in [4.69, 9.17) is 11.6 Å². The van der Waals surface area contributed by atoms with Crippen molar-refractivity contribution in [3.8, 4) is 5.69 Å². The third kappa shape index (κ3) is 2.91. The van der Waals surface area contributed by atoms with Gasteiger partial charge in [-0.2, -0.15) is 5.10 Å². The van der Waals surface area contributed by atoms with E-state index in [0.29, 0.717) is 23.8 Å². The van der Waals surface area contributed by atoms with E-state index in [1.165, 1.54) is 10.7 Å². The van der Waals surface area contributed by atoms with Gasteiger partial charge in [-0.05, 0) is 35.9 Å². The van der Waals surface area contributed by atoms with Crippen molar-refractivity contribution in [1.82, 2.24) is 14.7 Å². The van der Waals surface area contributed by atoms with E-state index in [1.54, 1.807) is 35.5 Å². The van der Waals surface area contributed by atoms with Gasteiger partial charge < -0.3 is 4.90 Å². The van der Waals surface area contributed by atoms with Crippen molar-refractivity contribution in [2.24, 2.45) is 0 Å². The van der Waals surface area contributed by atoms with Crippen molar-refractivity contribution in [2.75, 3.05) is 13.1 Å². The van der Waals surface area contributed by atoms with E-state index in [0.717, 1.165) is 5.56 Å². The largest absolute Gasteiger partial charge is 0.337 e. The molecule has 0 spiro atoms. The molecule has 4 rings (SSSR count). The van der Waals surface area contributed by atoms with Crippen molar-refractivity contribution in [2.45, 2.75) is 5.92 Å². The van der Waals surface area contributed by atoms with Gasteiger partial charge in [0.1, 0.15) is 11.4 Å². The number of hydrogen-bond donors (Lipinski definition) is 0. The van der Waals surface area contributed by atoms with Crippen LogP contribution in [0.1, 0.15) is 21.8 Å². The third-order valence-electron chi connectivity index (χ3n) is 4.47. The molecule has 0 unspecified atom stereocenters. The highest BCUT2D eigenvalue weighted by Crippen LogP contribution is 2.30. The van der Waals surface area contributed by atoms with Crippen molar-refractivity contribution in [3.05, 3.63) is 82.9 Å². The minimum absolute atomic E-state index is 0.0563. The SMILES string of the molecule is O=C(c1c(F)cccc1-n1cccn1)N1CC(c2ccc(Cl)cc2)C1. The zero-order chi connectivity index (χ0) is 17.4. The zero-order valence-corrected chi connectivity index (χ0v) is 14.0. The van der Waals surface area contributed by atoms with Crippen LogP contribution in [0.5, 0.6) is 0 Å². The van der Waals surface area contributed by atoms with Gasteiger partial charge in [-0.1, -0.05) is 29.8 Å². The number of benzene rings is 2. The van der Waals surface area contributed by atoms with E-state index >= 15 is 0 Å². The summed E-state index contributed by atoms with van der Waals surface area (Å²) in [7, 11) is 0. The van der Waals surface area contributed by atoms with E-state index in [9.17, 15) is 9.18 Å². The van der Waals surface area contributed by atoms with Crippen LogP contribution in [0.3, 0.4) is 0 Å². The van der Waals surface area contributed by atoms with Gasteiger partial charge in [-0.15, -0.1) is 0 Å². The Hall–Kier alpha value is -2.66. The minimum Gasteiger partial charge on any atom is -0.337 e. The Kier molecular flexibility index (Phi) is 4.01. The Balaban J connectivity index is 1.56. The quantitative estimate of drug-likeness (QED) is 0.714. The van der Waals surface area contributed by atoms with Gasteiger partial charge in [0.05, 0.1) is 5.69 Å². The van der Waals surface area contributed by atoms with Crippen LogP contribution >= 0.6 is 11.6 Å². The topological polar surface area (TPSA) is 38.1 Å². The number of halogens is 2. The lowest BCUT2D eigenvalue weighted by atomic mass is 9.90. The molecule has 0 aliphatic carbocycles. The average Bonchev–Trinajstić information content (AvgIpc) is 3.09. The molecule has 1 fully saturated rings.